The summed E-state index contributed by atoms with van der Waals surface area (Å²) in [6.07, 6.45) is 3.65. The van der Waals surface area contributed by atoms with E-state index in [0.29, 0.717) is 12.0 Å². The standard InChI is InChI=1S/C9H14N2O2S/c1-2-6-14(12,13)9(10)8-4-3-5-11-7-8/h3-5,7,9H,2,6,10H2,1H3. The van der Waals surface area contributed by atoms with E-state index in [1.807, 2.05) is 6.92 Å². The Hall–Kier alpha value is -0.940. The molecule has 1 rings (SSSR count). The van der Waals surface area contributed by atoms with Gasteiger partial charge in [-0.2, -0.15) is 0 Å². The average Bonchev–Trinajstić information content (AvgIpc) is 2.18. The minimum Gasteiger partial charge on any atom is -0.311 e. The normalized spacial score (nSPS) is 13.9. The van der Waals surface area contributed by atoms with Crippen molar-refractivity contribution < 1.29 is 8.42 Å². The van der Waals surface area contributed by atoms with Crippen molar-refractivity contribution in [1.82, 2.24) is 4.98 Å². The molecule has 0 aromatic carbocycles. The lowest BCUT2D eigenvalue weighted by atomic mass is 10.3. The van der Waals surface area contributed by atoms with E-state index in [4.69, 9.17) is 5.73 Å². The van der Waals surface area contributed by atoms with Gasteiger partial charge in [0.2, 0.25) is 0 Å². The van der Waals surface area contributed by atoms with Crippen LogP contribution in [0, 0.1) is 0 Å². The second kappa shape index (κ2) is 4.52. The average molecular weight is 214 g/mol. The van der Waals surface area contributed by atoms with Gasteiger partial charge < -0.3 is 5.73 Å². The van der Waals surface area contributed by atoms with Crippen molar-refractivity contribution in [2.75, 3.05) is 5.75 Å². The number of rotatable bonds is 4. The first-order valence-electron chi connectivity index (χ1n) is 4.45. The highest BCUT2D eigenvalue weighted by Gasteiger charge is 2.21. The van der Waals surface area contributed by atoms with Crippen LogP contribution in [-0.2, 0) is 9.84 Å². The van der Waals surface area contributed by atoms with Crippen molar-refractivity contribution >= 4 is 9.84 Å². The first kappa shape index (κ1) is 11.1. The molecule has 1 heterocycles. The molecule has 1 aromatic rings. The molecule has 1 atom stereocenters. The maximum absolute atomic E-state index is 11.6. The van der Waals surface area contributed by atoms with Crippen LogP contribution < -0.4 is 5.73 Å². The smallest absolute Gasteiger partial charge is 0.170 e. The van der Waals surface area contributed by atoms with Gasteiger partial charge in [0.25, 0.3) is 0 Å². The van der Waals surface area contributed by atoms with Crippen LogP contribution >= 0.6 is 0 Å². The van der Waals surface area contributed by atoms with E-state index in [-0.39, 0.29) is 5.75 Å². The van der Waals surface area contributed by atoms with Crippen molar-refractivity contribution in [3.8, 4) is 0 Å². The Labute approximate surface area is 84.1 Å². The molecule has 0 bridgehead atoms. The maximum Gasteiger partial charge on any atom is 0.170 e. The molecule has 0 saturated carbocycles. The van der Waals surface area contributed by atoms with Crippen LogP contribution in [0.5, 0.6) is 0 Å². The molecule has 0 spiro atoms. The van der Waals surface area contributed by atoms with Crippen LogP contribution in [-0.4, -0.2) is 19.2 Å². The van der Waals surface area contributed by atoms with Crippen LogP contribution in [0.25, 0.3) is 0 Å². The predicted molar refractivity (Wildman–Crippen MR) is 55.2 cm³/mol. The summed E-state index contributed by atoms with van der Waals surface area (Å²) >= 11 is 0. The number of sulfone groups is 1. The van der Waals surface area contributed by atoms with Crippen LogP contribution in [0.1, 0.15) is 24.3 Å². The van der Waals surface area contributed by atoms with Crippen molar-refractivity contribution in [3.05, 3.63) is 30.1 Å². The van der Waals surface area contributed by atoms with Gasteiger partial charge in [0.05, 0.1) is 5.75 Å². The van der Waals surface area contributed by atoms with Gasteiger partial charge in [-0.25, -0.2) is 8.42 Å². The van der Waals surface area contributed by atoms with E-state index < -0.39 is 15.2 Å². The second-order valence-corrected chi connectivity index (χ2v) is 5.32. The molecular weight excluding hydrogens is 200 g/mol. The second-order valence-electron chi connectivity index (χ2n) is 3.07. The molecule has 2 N–H and O–H groups in total. The molecular formula is C9H14N2O2S. The van der Waals surface area contributed by atoms with Crippen molar-refractivity contribution in [2.24, 2.45) is 5.73 Å². The van der Waals surface area contributed by atoms with Crippen molar-refractivity contribution in [3.63, 3.8) is 0 Å². The SMILES string of the molecule is CCCS(=O)(=O)C(N)c1cccnc1. The van der Waals surface area contributed by atoms with Gasteiger partial charge in [0.15, 0.2) is 9.84 Å². The molecule has 0 fully saturated rings. The fourth-order valence-corrected chi connectivity index (χ4v) is 2.54. The maximum atomic E-state index is 11.6. The summed E-state index contributed by atoms with van der Waals surface area (Å²) in [5, 5.41) is -0.948. The Morgan fingerprint density at radius 3 is 2.79 bits per heavy atom. The quantitative estimate of drug-likeness (QED) is 0.807. The Morgan fingerprint density at radius 1 is 1.57 bits per heavy atom. The molecule has 5 heteroatoms. The molecule has 0 radical (unpaired) electrons. The van der Waals surface area contributed by atoms with E-state index in [0.717, 1.165) is 0 Å². The Kier molecular flexibility index (Phi) is 3.60. The van der Waals surface area contributed by atoms with Gasteiger partial charge in [-0.05, 0) is 12.5 Å². The molecule has 0 aliphatic rings. The minimum atomic E-state index is -3.23. The highest BCUT2D eigenvalue weighted by molar-refractivity contribution is 7.91. The van der Waals surface area contributed by atoms with E-state index in [1.54, 1.807) is 18.3 Å². The summed E-state index contributed by atoms with van der Waals surface area (Å²) in [5.41, 5.74) is 6.17. The van der Waals surface area contributed by atoms with Crippen LogP contribution in [0.4, 0.5) is 0 Å². The van der Waals surface area contributed by atoms with Crippen molar-refractivity contribution in [2.45, 2.75) is 18.7 Å². The molecule has 1 aromatic heterocycles. The first-order valence-corrected chi connectivity index (χ1v) is 6.16. The third-order valence-corrected chi connectivity index (χ3v) is 3.91. The lowest BCUT2D eigenvalue weighted by Crippen LogP contribution is -2.24. The van der Waals surface area contributed by atoms with E-state index in [2.05, 4.69) is 4.98 Å². The summed E-state index contributed by atoms with van der Waals surface area (Å²) in [4.78, 5) is 3.83. The van der Waals surface area contributed by atoms with Crippen molar-refractivity contribution in [1.29, 1.82) is 0 Å². The van der Waals surface area contributed by atoms with Gasteiger partial charge in [-0.3, -0.25) is 4.98 Å². The molecule has 14 heavy (non-hydrogen) atoms. The summed E-state index contributed by atoms with van der Waals surface area (Å²) < 4.78 is 23.2. The fourth-order valence-electron chi connectivity index (χ4n) is 1.16. The Bertz CT molecular complexity index is 375. The monoisotopic (exact) mass is 214 g/mol. The summed E-state index contributed by atoms with van der Waals surface area (Å²) in [7, 11) is -3.23. The molecule has 78 valence electrons. The third kappa shape index (κ3) is 2.52. The van der Waals surface area contributed by atoms with Gasteiger partial charge in [0.1, 0.15) is 5.37 Å². The molecule has 4 nitrogen and oxygen atoms in total. The zero-order valence-corrected chi connectivity index (χ0v) is 8.87. The molecule has 0 saturated heterocycles. The minimum absolute atomic E-state index is 0.114. The summed E-state index contributed by atoms with van der Waals surface area (Å²) in [5.74, 6) is 0.114. The number of pyridine rings is 1. The van der Waals surface area contributed by atoms with E-state index >= 15 is 0 Å². The van der Waals surface area contributed by atoms with Crippen LogP contribution in [0.15, 0.2) is 24.5 Å². The fraction of sp³-hybridized carbons (Fsp3) is 0.444. The largest absolute Gasteiger partial charge is 0.311 e. The van der Waals surface area contributed by atoms with E-state index in [1.165, 1.54) is 6.20 Å². The number of hydrogen-bond donors (Lipinski definition) is 1. The number of hydrogen-bond acceptors (Lipinski definition) is 4. The van der Waals surface area contributed by atoms with Gasteiger partial charge in [0, 0.05) is 18.0 Å². The van der Waals surface area contributed by atoms with Gasteiger partial charge >= 0.3 is 0 Å². The molecule has 0 aliphatic heterocycles. The third-order valence-electron chi connectivity index (χ3n) is 1.89. The van der Waals surface area contributed by atoms with Crippen LogP contribution in [0.3, 0.4) is 0 Å². The molecule has 0 amide bonds. The van der Waals surface area contributed by atoms with Gasteiger partial charge in [-0.1, -0.05) is 13.0 Å². The number of nitrogens with two attached hydrogens (primary N) is 1. The lowest BCUT2D eigenvalue weighted by Gasteiger charge is -2.11. The molecule has 0 aliphatic carbocycles. The number of aromatic nitrogens is 1. The van der Waals surface area contributed by atoms with Crippen LogP contribution in [0.2, 0.25) is 0 Å². The lowest BCUT2D eigenvalue weighted by molar-refractivity contribution is 0.582. The van der Waals surface area contributed by atoms with Gasteiger partial charge in [-0.15, -0.1) is 0 Å². The Balaban J connectivity index is 2.91. The highest BCUT2D eigenvalue weighted by atomic mass is 32.2. The predicted octanol–water partition coefficient (Wildman–Crippen LogP) is 0.864. The number of nitrogens with zero attached hydrogens (tertiary/aromatic N) is 1. The highest BCUT2D eigenvalue weighted by Crippen LogP contribution is 2.16. The zero-order chi connectivity index (χ0) is 10.6. The first-order chi connectivity index (χ1) is 6.58. The topological polar surface area (TPSA) is 73.0 Å². The summed E-state index contributed by atoms with van der Waals surface area (Å²) in [6, 6.07) is 3.35. The Morgan fingerprint density at radius 2 is 2.29 bits per heavy atom. The summed E-state index contributed by atoms with van der Waals surface area (Å²) in [6.45, 7) is 1.81. The molecule has 1 unspecified atom stereocenters. The zero-order valence-electron chi connectivity index (χ0n) is 8.05. The van der Waals surface area contributed by atoms with E-state index in [9.17, 15) is 8.42 Å².